The summed E-state index contributed by atoms with van der Waals surface area (Å²) in [7, 11) is 4.21. The number of carbonyl (C=O) groups excluding carboxylic acids is 5. The predicted octanol–water partition coefficient (Wildman–Crippen LogP) is 7.17. The van der Waals surface area contributed by atoms with Crippen molar-refractivity contribution >= 4 is 68.3 Å². The molecular weight excluding hydrogens is 987 g/mol. The Morgan fingerprint density at radius 1 is 1.01 bits per heavy atom. The zero-order valence-electron chi connectivity index (χ0n) is 42.4. The van der Waals surface area contributed by atoms with Crippen molar-refractivity contribution in [1.29, 1.82) is 0 Å². The fourth-order valence-electron chi connectivity index (χ4n) is 8.12. The van der Waals surface area contributed by atoms with Crippen molar-refractivity contribution in [2.45, 2.75) is 141 Å². The van der Waals surface area contributed by atoms with Gasteiger partial charge in [-0.15, -0.1) is 11.3 Å². The molecule has 6 N–H and O–H groups in total. The van der Waals surface area contributed by atoms with Gasteiger partial charge in [-0.05, 0) is 92.1 Å². The van der Waals surface area contributed by atoms with Gasteiger partial charge in [0.1, 0.15) is 41.9 Å². The number of hydrogen-bond acceptors (Lipinski definition) is 17. The number of phenols is 1. The van der Waals surface area contributed by atoms with Crippen molar-refractivity contribution in [2.24, 2.45) is 17.8 Å². The van der Waals surface area contributed by atoms with E-state index in [4.69, 9.17) is 9.47 Å². The highest BCUT2D eigenvalue weighted by molar-refractivity contribution is 8.76. The molecule has 1 aliphatic heterocycles. The maximum Gasteiger partial charge on any atom is 0.426 e. The molecule has 1 fully saturated rings. The van der Waals surface area contributed by atoms with E-state index in [2.05, 4.69) is 38.4 Å². The average molecular weight is 1060 g/mol. The molecule has 0 spiro atoms. The first-order valence-corrected chi connectivity index (χ1v) is 27.9. The van der Waals surface area contributed by atoms with E-state index in [-0.39, 0.29) is 95.2 Å². The minimum Gasteiger partial charge on any atom is -0.508 e. The lowest BCUT2D eigenvalue weighted by Gasteiger charge is -2.39. The molecule has 3 aromatic rings. The van der Waals surface area contributed by atoms with Crippen LogP contribution in [0, 0.1) is 27.9 Å². The molecule has 0 saturated carbocycles. The molecule has 20 nitrogen and oxygen atoms in total. The molecule has 7 atom stereocenters. The number of aliphatic hydroxyl groups is 1. The van der Waals surface area contributed by atoms with Crippen molar-refractivity contribution in [3.63, 3.8) is 0 Å². The van der Waals surface area contributed by atoms with E-state index in [9.17, 15) is 44.3 Å². The Hall–Kier alpha value is -5.07. The number of aliphatic hydroxyl groups excluding tert-OH is 1. The second kappa shape index (κ2) is 30.8. The summed E-state index contributed by atoms with van der Waals surface area (Å²) in [6.07, 6.45) is 5.93. The predicted molar refractivity (Wildman–Crippen MR) is 278 cm³/mol. The third kappa shape index (κ3) is 19.1. The van der Waals surface area contributed by atoms with Crippen LogP contribution >= 0.6 is 32.9 Å². The van der Waals surface area contributed by atoms with E-state index in [0.29, 0.717) is 19.4 Å². The van der Waals surface area contributed by atoms with E-state index >= 15 is 0 Å². The first kappa shape index (κ1) is 59.5. The normalized spacial score (nSPS) is 16.4. The minimum absolute atomic E-state index is 0.0292. The Kier molecular flexibility index (Phi) is 25.5. The third-order valence-electron chi connectivity index (χ3n) is 12.5. The number of hydrogen-bond donors (Lipinski definition) is 6. The molecule has 3 heterocycles. The van der Waals surface area contributed by atoms with Crippen LogP contribution in [0.4, 0.5) is 10.5 Å². The summed E-state index contributed by atoms with van der Waals surface area (Å²) in [5.41, 5.74) is 5.23. The Labute approximate surface area is 434 Å². The largest absolute Gasteiger partial charge is 0.508 e. The van der Waals surface area contributed by atoms with E-state index < -0.39 is 53.0 Å². The highest BCUT2D eigenvalue weighted by Gasteiger charge is 2.38. The molecule has 2 aromatic heterocycles. The number of ether oxygens (including phenoxy) is 2. The van der Waals surface area contributed by atoms with Gasteiger partial charge in [0.2, 0.25) is 17.7 Å². The number of phenolic OH excluding ortho intramolecular Hbond substituents is 1. The Morgan fingerprint density at radius 2 is 1.76 bits per heavy atom. The van der Waals surface area contributed by atoms with E-state index in [1.165, 1.54) is 46.6 Å². The van der Waals surface area contributed by atoms with Crippen LogP contribution in [0.1, 0.15) is 126 Å². The number of nitrogens with zero attached hydrogens (tertiary/aromatic N) is 5. The Bertz CT molecular complexity index is 2210. The Morgan fingerprint density at radius 3 is 2.44 bits per heavy atom. The molecular formula is C49H73N9O11S3. The number of aromatic hydroxyl groups is 1. The number of thiazole rings is 1. The van der Waals surface area contributed by atoms with Gasteiger partial charge in [-0.25, -0.2) is 20.2 Å². The lowest BCUT2D eigenvalue weighted by Crippen LogP contribution is -2.59. The molecule has 23 heteroatoms. The molecule has 0 radical (unpaired) electrons. The summed E-state index contributed by atoms with van der Waals surface area (Å²) in [5.74, 6) is -2.30. The van der Waals surface area contributed by atoms with Gasteiger partial charge in [0, 0.05) is 54.4 Å². The summed E-state index contributed by atoms with van der Waals surface area (Å²) in [6.45, 7) is 12.8. The van der Waals surface area contributed by atoms with Crippen molar-refractivity contribution in [3.05, 3.63) is 74.4 Å². The zero-order chi connectivity index (χ0) is 52.7. The SMILES string of the molecule is CCCCCOCN(C(=O)[C@@H](NC(=O)[C@H]1CCCCN1C)[C@@H](C)CC)[C@H](C[C@@H](O)c1nc(C(=O)N[C@@H](Cc2ccc(O)cc2)C[C@H](C)C(=O)NNC(=O)OCCSSc2ncccc2[N+](=O)[O-])cs1)C(C)C. The number of pyridine rings is 1. The van der Waals surface area contributed by atoms with Crippen LogP contribution in [0.15, 0.2) is 53.0 Å². The maximum atomic E-state index is 14.8. The van der Waals surface area contributed by atoms with Crippen LogP contribution in [0.3, 0.4) is 0 Å². The van der Waals surface area contributed by atoms with Gasteiger partial charge in [-0.1, -0.05) is 90.2 Å². The molecule has 5 amide bonds. The van der Waals surface area contributed by atoms with Gasteiger partial charge < -0.3 is 35.2 Å². The van der Waals surface area contributed by atoms with Crippen molar-refractivity contribution in [3.8, 4) is 5.75 Å². The van der Waals surface area contributed by atoms with Gasteiger partial charge in [0.15, 0.2) is 5.03 Å². The van der Waals surface area contributed by atoms with Gasteiger partial charge in [0.25, 0.3) is 5.91 Å². The number of amides is 5. The quantitative estimate of drug-likeness (QED) is 0.0132. The average Bonchev–Trinajstić information content (AvgIpc) is 3.87. The monoisotopic (exact) mass is 1060 g/mol. The van der Waals surface area contributed by atoms with Crippen LogP contribution in [0.5, 0.6) is 5.75 Å². The van der Waals surface area contributed by atoms with E-state index in [1.54, 1.807) is 24.0 Å². The van der Waals surface area contributed by atoms with Crippen LogP contribution in [-0.4, -0.2) is 128 Å². The number of likely N-dealkylation sites (N-methyl/N-ethyl adjacent to an activating group) is 1. The van der Waals surface area contributed by atoms with Crippen molar-refractivity contribution in [2.75, 3.05) is 39.3 Å². The first-order chi connectivity index (χ1) is 34.4. The van der Waals surface area contributed by atoms with Crippen LogP contribution in [0.2, 0.25) is 0 Å². The Balaban J connectivity index is 1.41. The van der Waals surface area contributed by atoms with Crippen LogP contribution in [0.25, 0.3) is 0 Å². The van der Waals surface area contributed by atoms with E-state index in [1.807, 2.05) is 39.6 Å². The fourth-order valence-corrected chi connectivity index (χ4v) is 10.8. The lowest BCUT2D eigenvalue weighted by molar-refractivity contribution is -0.388. The van der Waals surface area contributed by atoms with Crippen molar-refractivity contribution < 1.29 is 48.6 Å². The number of rotatable bonds is 29. The molecule has 1 aliphatic rings. The number of aromatic nitrogens is 2. The molecule has 72 heavy (non-hydrogen) atoms. The highest BCUT2D eigenvalue weighted by Crippen LogP contribution is 2.35. The van der Waals surface area contributed by atoms with Crippen LogP contribution in [-0.2, 0) is 30.3 Å². The molecule has 1 saturated heterocycles. The number of benzene rings is 1. The number of likely N-dealkylation sites (tertiary alicyclic amines) is 1. The molecule has 4 rings (SSSR count). The number of nitro groups is 1. The van der Waals surface area contributed by atoms with Crippen molar-refractivity contribution in [1.82, 2.24) is 41.3 Å². The van der Waals surface area contributed by atoms with Crippen LogP contribution < -0.4 is 21.5 Å². The second-order valence-electron chi connectivity index (χ2n) is 18.5. The van der Waals surface area contributed by atoms with Gasteiger partial charge in [-0.3, -0.25) is 39.6 Å². The number of carbonyl (C=O) groups is 5. The number of piperidine rings is 1. The molecule has 0 bridgehead atoms. The minimum atomic E-state index is -1.17. The summed E-state index contributed by atoms with van der Waals surface area (Å²) < 4.78 is 11.2. The fraction of sp³-hybridized carbons (Fsp3) is 0.612. The number of nitrogens with one attached hydrogen (secondary N) is 4. The topological polar surface area (TPSA) is 268 Å². The summed E-state index contributed by atoms with van der Waals surface area (Å²) in [5, 5.41) is 41.0. The number of unbranched alkanes of at least 4 members (excludes halogenated alkanes) is 2. The standard InChI is InChI=1S/C49H73N9O11S3/c1-8-10-13-23-68-30-57(48(64)42(32(5)9-2)53-45(63)38-15-11-12-22-56(38)7)40(31(3)4)28-41(60)47-52-37(29-70-47)44(62)51-35(27-34-17-19-36(59)20-18-34)26-33(6)43(61)54-55-49(65)69-24-25-71-72-46-39(58(66)67)16-14-21-50-46/h14,16-21,29,31-33,35,38,40-42,59-60H,8-13,15,22-28,30H2,1-7H3,(H,51,62)(H,53,63)(H,54,61)(H,55,65)/t32-,33-,35+,38+,40+,41+,42-/m0/s1. The zero-order valence-corrected chi connectivity index (χ0v) is 44.8. The maximum absolute atomic E-state index is 14.8. The lowest BCUT2D eigenvalue weighted by atomic mass is 9.92. The molecule has 398 valence electrons. The second-order valence-corrected chi connectivity index (χ2v) is 21.8. The summed E-state index contributed by atoms with van der Waals surface area (Å²) >= 11 is 1.10. The van der Waals surface area contributed by atoms with Gasteiger partial charge in [0.05, 0.1) is 11.0 Å². The first-order valence-electron chi connectivity index (χ1n) is 24.7. The molecule has 0 unspecified atom stereocenters. The van der Waals surface area contributed by atoms with Gasteiger partial charge >= 0.3 is 11.8 Å². The molecule has 1 aromatic carbocycles. The summed E-state index contributed by atoms with van der Waals surface area (Å²) in [6, 6.07) is 6.94. The third-order valence-corrected chi connectivity index (χ3v) is 15.7. The highest BCUT2D eigenvalue weighted by atomic mass is 33.1. The van der Waals surface area contributed by atoms with E-state index in [0.717, 1.165) is 66.3 Å². The van der Waals surface area contributed by atoms with Gasteiger partial charge in [-0.2, -0.15) is 0 Å². The smallest absolute Gasteiger partial charge is 0.426 e. The molecule has 0 aliphatic carbocycles. The summed E-state index contributed by atoms with van der Waals surface area (Å²) in [4.78, 5) is 90.9. The number of hydrazine groups is 1.